The topological polar surface area (TPSA) is 30.5 Å². The molecule has 1 aromatic carbocycles. The van der Waals surface area contributed by atoms with Gasteiger partial charge in [-0.15, -0.1) is 0 Å². The SMILES string of the molecule is C=CCOc1ccc(CNCCCCCC)cc1OC. The van der Waals surface area contributed by atoms with Gasteiger partial charge >= 0.3 is 0 Å². The predicted octanol–water partition coefficient (Wildman–Crippen LogP) is 3.93. The van der Waals surface area contributed by atoms with E-state index >= 15 is 0 Å². The molecule has 0 atom stereocenters. The molecular formula is C17H27NO2. The summed E-state index contributed by atoms with van der Waals surface area (Å²) in [4.78, 5) is 0. The highest BCUT2D eigenvalue weighted by Gasteiger charge is 2.05. The van der Waals surface area contributed by atoms with Crippen LogP contribution in [0.2, 0.25) is 0 Å². The maximum absolute atomic E-state index is 5.54. The van der Waals surface area contributed by atoms with Crippen LogP contribution in [-0.2, 0) is 6.54 Å². The molecule has 0 aliphatic rings. The lowest BCUT2D eigenvalue weighted by atomic mass is 10.2. The van der Waals surface area contributed by atoms with E-state index in [0.29, 0.717) is 6.61 Å². The monoisotopic (exact) mass is 277 g/mol. The van der Waals surface area contributed by atoms with Gasteiger partial charge in [-0.1, -0.05) is 44.9 Å². The third-order valence-corrected chi connectivity index (χ3v) is 3.12. The summed E-state index contributed by atoms with van der Waals surface area (Å²) in [6.07, 6.45) is 6.88. The molecule has 0 unspecified atom stereocenters. The van der Waals surface area contributed by atoms with Crippen LogP contribution in [0.5, 0.6) is 11.5 Å². The number of unbranched alkanes of at least 4 members (excludes halogenated alkanes) is 3. The minimum Gasteiger partial charge on any atom is -0.493 e. The van der Waals surface area contributed by atoms with Crippen molar-refractivity contribution in [2.45, 2.75) is 39.2 Å². The molecule has 0 bridgehead atoms. The van der Waals surface area contributed by atoms with Crippen molar-refractivity contribution in [1.82, 2.24) is 5.32 Å². The van der Waals surface area contributed by atoms with E-state index in [2.05, 4.69) is 24.9 Å². The highest BCUT2D eigenvalue weighted by molar-refractivity contribution is 5.43. The van der Waals surface area contributed by atoms with E-state index in [1.54, 1.807) is 13.2 Å². The highest BCUT2D eigenvalue weighted by atomic mass is 16.5. The number of methoxy groups -OCH3 is 1. The fourth-order valence-electron chi connectivity index (χ4n) is 2.00. The second-order valence-corrected chi connectivity index (χ2v) is 4.82. The first-order chi connectivity index (χ1) is 9.81. The molecule has 0 spiro atoms. The largest absolute Gasteiger partial charge is 0.493 e. The molecule has 0 heterocycles. The van der Waals surface area contributed by atoms with E-state index in [1.165, 1.54) is 31.2 Å². The van der Waals surface area contributed by atoms with Crippen LogP contribution in [0.25, 0.3) is 0 Å². The van der Waals surface area contributed by atoms with Gasteiger partial charge in [0.15, 0.2) is 11.5 Å². The Morgan fingerprint density at radius 2 is 2.05 bits per heavy atom. The molecule has 3 nitrogen and oxygen atoms in total. The first kappa shape index (κ1) is 16.6. The number of nitrogens with one attached hydrogen (secondary N) is 1. The van der Waals surface area contributed by atoms with Gasteiger partial charge in [-0.25, -0.2) is 0 Å². The van der Waals surface area contributed by atoms with Crippen molar-refractivity contribution in [1.29, 1.82) is 0 Å². The third kappa shape index (κ3) is 6.11. The minimum absolute atomic E-state index is 0.491. The lowest BCUT2D eigenvalue weighted by Crippen LogP contribution is -2.14. The van der Waals surface area contributed by atoms with Crippen molar-refractivity contribution in [2.75, 3.05) is 20.3 Å². The second kappa shape index (κ2) is 10.3. The zero-order valence-corrected chi connectivity index (χ0v) is 12.8. The predicted molar refractivity (Wildman–Crippen MR) is 84.5 cm³/mol. The molecule has 0 fully saturated rings. The number of rotatable bonds is 11. The molecule has 1 N–H and O–H groups in total. The van der Waals surface area contributed by atoms with Gasteiger partial charge in [0.1, 0.15) is 6.61 Å². The Labute approximate surface area is 123 Å². The van der Waals surface area contributed by atoms with Crippen LogP contribution in [0, 0.1) is 0 Å². The Kier molecular flexibility index (Phi) is 8.56. The van der Waals surface area contributed by atoms with Crippen LogP contribution in [0.1, 0.15) is 38.2 Å². The summed E-state index contributed by atoms with van der Waals surface area (Å²) in [6.45, 7) is 8.30. The van der Waals surface area contributed by atoms with Gasteiger partial charge in [-0.05, 0) is 30.7 Å². The molecule has 0 saturated carbocycles. The lowest BCUT2D eigenvalue weighted by molar-refractivity contribution is 0.326. The standard InChI is InChI=1S/C17H27NO2/c1-4-6-7-8-11-18-14-15-9-10-16(20-12-5-2)17(13-15)19-3/h5,9-10,13,18H,2,4,6-8,11-12,14H2,1,3H3. The average Bonchev–Trinajstić information content (AvgIpc) is 2.49. The summed E-state index contributed by atoms with van der Waals surface area (Å²) in [5.74, 6) is 1.54. The van der Waals surface area contributed by atoms with Crippen molar-refractivity contribution >= 4 is 0 Å². The summed E-state index contributed by atoms with van der Waals surface area (Å²) in [5, 5.41) is 3.46. The Balaban J connectivity index is 2.40. The Morgan fingerprint density at radius 3 is 2.75 bits per heavy atom. The molecule has 0 aliphatic heterocycles. The summed E-state index contributed by atoms with van der Waals surface area (Å²) < 4.78 is 10.9. The number of hydrogen-bond acceptors (Lipinski definition) is 3. The zero-order chi connectivity index (χ0) is 14.6. The fourth-order valence-corrected chi connectivity index (χ4v) is 2.00. The molecule has 0 radical (unpaired) electrons. The maximum atomic E-state index is 5.54. The van der Waals surface area contributed by atoms with Crippen molar-refractivity contribution in [3.8, 4) is 11.5 Å². The van der Waals surface area contributed by atoms with Crippen LogP contribution in [0.4, 0.5) is 0 Å². The minimum atomic E-state index is 0.491. The molecule has 112 valence electrons. The smallest absolute Gasteiger partial charge is 0.161 e. The molecule has 0 amide bonds. The molecule has 0 saturated heterocycles. The molecule has 0 aromatic heterocycles. The third-order valence-electron chi connectivity index (χ3n) is 3.12. The molecule has 20 heavy (non-hydrogen) atoms. The molecular weight excluding hydrogens is 250 g/mol. The van der Waals surface area contributed by atoms with Gasteiger partial charge < -0.3 is 14.8 Å². The van der Waals surface area contributed by atoms with Gasteiger partial charge in [0.05, 0.1) is 7.11 Å². The molecule has 1 aromatic rings. The van der Waals surface area contributed by atoms with Gasteiger partial charge in [0.2, 0.25) is 0 Å². The van der Waals surface area contributed by atoms with Gasteiger partial charge in [-0.3, -0.25) is 0 Å². The number of hydrogen-bond donors (Lipinski definition) is 1. The summed E-state index contributed by atoms with van der Waals surface area (Å²) >= 11 is 0. The van der Waals surface area contributed by atoms with E-state index in [-0.39, 0.29) is 0 Å². The van der Waals surface area contributed by atoms with Crippen LogP contribution >= 0.6 is 0 Å². The average molecular weight is 277 g/mol. The number of ether oxygens (including phenoxy) is 2. The maximum Gasteiger partial charge on any atom is 0.161 e. The Morgan fingerprint density at radius 1 is 1.20 bits per heavy atom. The number of benzene rings is 1. The fraction of sp³-hybridized carbons (Fsp3) is 0.529. The molecule has 1 rings (SSSR count). The zero-order valence-electron chi connectivity index (χ0n) is 12.8. The summed E-state index contributed by atoms with van der Waals surface area (Å²) in [5.41, 5.74) is 1.21. The van der Waals surface area contributed by atoms with Gasteiger partial charge in [0.25, 0.3) is 0 Å². The molecule has 3 heteroatoms. The normalized spacial score (nSPS) is 10.3. The summed E-state index contributed by atoms with van der Waals surface area (Å²) in [7, 11) is 1.66. The quantitative estimate of drug-likeness (QED) is 0.491. The Hall–Kier alpha value is -1.48. The van der Waals surface area contributed by atoms with Gasteiger partial charge in [0, 0.05) is 6.54 Å². The Bertz CT molecular complexity index is 391. The van der Waals surface area contributed by atoms with Crippen LogP contribution in [0.3, 0.4) is 0 Å². The van der Waals surface area contributed by atoms with Crippen molar-refractivity contribution in [2.24, 2.45) is 0 Å². The van der Waals surface area contributed by atoms with E-state index in [1.807, 2.05) is 12.1 Å². The van der Waals surface area contributed by atoms with E-state index < -0.39 is 0 Å². The van der Waals surface area contributed by atoms with Crippen molar-refractivity contribution < 1.29 is 9.47 Å². The van der Waals surface area contributed by atoms with E-state index in [9.17, 15) is 0 Å². The van der Waals surface area contributed by atoms with E-state index in [4.69, 9.17) is 9.47 Å². The first-order valence-electron chi connectivity index (χ1n) is 7.43. The first-order valence-corrected chi connectivity index (χ1v) is 7.43. The van der Waals surface area contributed by atoms with Crippen LogP contribution in [-0.4, -0.2) is 20.3 Å². The second-order valence-electron chi connectivity index (χ2n) is 4.82. The van der Waals surface area contributed by atoms with E-state index in [0.717, 1.165) is 24.6 Å². The van der Waals surface area contributed by atoms with Crippen molar-refractivity contribution in [3.05, 3.63) is 36.4 Å². The van der Waals surface area contributed by atoms with Crippen LogP contribution in [0.15, 0.2) is 30.9 Å². The molecule has 0 aliphatic carbocycles. The van der Waals surface area contributed by atoms with Gasteiger partial charge in [-0.2, -0.15) is 0 Å². The lowest BCUT2D eigenvalue weighted by Gasteiger charge is -2.11. The van der Waals surface area contributed by atoms with Crippen LogP contribution < -0.4 is 14.8 Å². The summed E-state index contributed by atoms with van der Waals surface area (Å²) in [6, 6.07) is 6.05. The van der Waals surface area contributed by atoms with Crippen molar-refractivity contribution in [3.63, 3.8) is 0 Å². The highest BCUT2D eigenvalue weighted by Crippen LogP contribution is 2.28.